The Morgan fingerprint density at radius 2 is 1.85 bits per heavy atom. The summed E-state index contributed by atoms with van der Waals surface area (Å²) >= 11 is 9.52. The fraction of sp³-hybridized carbons (Fsp3) is 0.263. The minimum absolute atomic E-state index is 0.0857. The van der Waals surface area contributed by atoms with Gasteiger partial charge in [0.25, 0.3) is 0 Å². The van der Waals surface area contributed by atoms with Gasteiger partial charge in [-0.15, -0.1) is 0 Å². The summed E-state index contributed by atoms with van der Waals surface area (Å²) in [6.45, 7) is 3.23. The molecule has 0 unspecified atom stereocenters. The number of rotatable bonds is 6. The van der Waals surface area contributed by atoms with Gasteiger partial charge in [0.2, 0.25) is 5.91 Å². The Kier molecular flexibility index (Phi) is 5.84. The zero-order chi connectivity index (χ0) is 18.7. The van der Waals surface area contributed by atoms with E-state index in [0.717, 1.165) is 21.1 Å². The lowest BCUT2D eigenvalue weighted by Gasteiger charge is -2.08. The molecule has 3 aromatic rings. The quantitative estimate of drug-likeness (QED) is 0.636. The highest BCUT2D eigenvalue weighted by Crippen LogP contribution is 2.21. The van der Waals surface area contributed by atoms with E-state index in [1.54, 1.807) is 15.2 Å². The van der Waals surface area contributed by atoms with Crippen LogP contribution in [0.2, 0.25) is 5.02 Å². The lowest BCUT2D eigenvalue weighted by molar-refractivity contribution is -0.121. The molecule has 0 fully saturated rings. The number of imidazole rings is 1. The molecule has 0 saturated carbocycles. The Hall–Kier alpha value is -2.05. The maximum Gasteiger partial charge on any atom is 0.329 e. The second kappa shape index (κ2) is 8.10. The van der Waals surface area contributed by atoms with E-state index in [1.807, 2.05) is 43.3 Å². The second-order valence-electron chi connectivity index (χ2n) is 5.93. The van der Waals surface area contributed by atoms with Crippen LogP contribution < -0.4 is 11.0 Å². The molecule has 0 spiro atoms. The van der Waals surface area contributed by atoms with Gasteiger partial charge in [-0.25, -0.2) is 4.79 Å². The summed E-state index contributed by atoms with van der Waals surface area (Å²) in [5, 5.41) is 3.46. The van der Waals surface area contributed by atoms with E-state index in [0.29, 0.717) is 24.7 Å². The molecule has 0 aliphatic heterocycles. The number of nitrogens with zero attached hydrogens (tertiary/aromatic N) is 2. The molecule has 0 saturated heterocycles. The van der Waals surface area contributed by atoms with E-state index in [2.05, 4.69) is 21.2 Å². The van der Waals surface area contributed by atoms with E-state index in [9.17, 15) is 9.59 Å². The number of benzene rings is 2. The van der Waals surface area contributed by atoms with Crippen molar-refractivity contribution in [2.24, 2.45) is 0 Å². The largest absolute Gasteiger partial charge is 0.352 e. The van der Waals surface area contributed by atoms with Crippen LogP contribution in [0.3, 0.4) is 0 Å². The molecule has 1 aromatic heterocycles. The first kappa shape index (κ1) is 18.7. The van der Waals surface area contributed by atoms with Gasteiger partial charge in [0.15, 0.2) is 0 Å². The average molecular weight is 437 g/mol. The summed E-state index contributed by atoms with van der Waals surface area (Å²) < 4.78 is 4.27. The highest BCUT2D eigenvalue weighted by atomic mass is 79.9. The molecule has 0 aliphatic rings. The van der Waals surface area contributed by atoms with Gasteiger partial charge in [-0.05, 0) is 36.8 Å². The van der Waals surface area contributed by atoms with Crippen LogP contribution in [-0.4, -0.2) is 15.0 Å². The summed E-state index contributed by atoms with van der Waals surface area (Å²) in [6, 6.07) is 13.2. The Morgan fingerprint density at radius 1 is 1.15 bits per heavy atom. The Balaban J connectivity index is 1.67. The van der Waals surface area contributed by atoms with E-state index in [-0.39, 0.29) is 18.0 Å². The smallest absolute Gasteiger partial charge is 0.329 e. The first-order valence-corrected chi connectivity index (χ1v) is 9.57. The zero-order valence-corrected chi connectivity index (χ0v) is 16.7. The van der Waals surface area contributed by atoms with Crippen molar-refractivity contribution >= 4 is 44.5 Å². The highest BCUT2D eigenvalue weighted by molar-refractivity contribution is 9.10. The number of para-hydroxylation sites is 2. The van der Waals surface area contributed by atoms with Crippen molar-refractivity contribution in [3.63, 3.8) is 0 Å². The highest BCUT2D eigenvalue weighted by Gasteiger charge is 2.13. The summed E-state index contributed by atoms with van der Waals surface area (Å²) in [4.78, 5) is 24.8. The first-order valence-electron chi connectivity index (χ1n) is 8.40. The molecule has 0 bridgehead atoms. The Bertz CT molecular complexity index is 1010. The predicted octanol–water partition coefficient (Wildman–Crippen LogP) is 3.95. The SMILES string of the molecule is CCn1c(=O)n(CCC(=O)NCc2ccc(Br)cc2Cl)c2ccccc21. The van der Waals surface area contributed by atoms with Crippen molar-refractivity contribution in [1.29, 1.82) is 0 Å². The number of carbonyl (C=O) groups excluding carboxylic acids is 1. The first-order chi connectivity index (χ1) is 12.5. The van der Waals surface area contributed by atoms with Gasteiger partial charge < -0.3 is 5.32 Å². The lowest BCUT2D eigenvalue weighted by Crippen LogP contribution is -2.28. The molecule has 2 aromatic carbocycles. The number of hydrogen-bond acceptors (Lipinski definition) is 2. The summed E-state index contributed by atoms with van der Waals surface area (Å²) in [7, 11) is 0. The molecule has 1 heterocycles. The van der Waals surface area contributed by atoms with Crippen LogP contribution in [0, 0.1) is 0 Å². The molecular formula is C19H19BrClN3O2. The lowest BCUT2D eigenvalue weighted by atomic mass is 10.2. The van der Waals surface area contributed by atoms with Crippen LogP contribution in [0.25, 0.3) is 11.0 Å². The third kappa shape index (κ3) is 3.86. The molecule has 1 amide bonds. The van der Waals surface area contributed by atoms with E-state index < -0.39 is 0 Å². The number of nitrogens with one attached hydrogen (secondary N) is 1. The molecule has 26 heavy (non-hydrogen) atoms. The van der Waals surface area contributed by atoms with Gasteiger partial charge in [0.1, 0.15) is 0 Å². The van der Waals surface area contributed by atoms with Gasteiger partial charge in [-0.2, -0.15) is 0 Å². The van der Waals surface area contributed by atoms with E-state index in [4.69, 9.17) is 11.6 Å². The predicted molar refractivity (Wildman–Crippen MR) is 107 cm³/mol. The number of hydrogen-bond donors (Lipinski definition) is 1. The van der Waals surface area contributed by atoms with Crippen molar-refractivity contribution in [2.45, 2.75) is 33.0 Å². The van der Waals surface area contributed by atoms with Gasteiger partial charge in [0.05, 0.1) is 11.0 Å². The number of aromatic nitrogens is 2. The molecular weight excluding hydrogens is 418 g/mol. The minimum atomic E-state index is -0.121. The zero-order valence-electron chi connectivity index (χ0n) is 14.3. The topological polar surface area (TPSA) is 56.0 Å². The van der Waals surface area contributed by atoms with Crippen LogP contribution in [-0.2, 0) is 24.4 Å². The second-order valence-corrected chi connectivity index (χ2v) is 7.25. The summed E-state index contributed by atoms with van der Waals surface area (Å²) in [5.41, 5.74) is 2.51. The van der Waals surface area contributed by atoms with Crippen LogP contribution in [0.15, 0.2) is 51.7 Å². The fourth-order valence-electron chi connectivity index (χ4n) is 2.95. The summed E-state index contributed by atoms with van der Waals surface area (Å²) in [6.07, 6.45) is 0.228. The van der Waals surface area contributed by atoms with E-state index in [1.165, 1.54) is 0 Å². The third-order valence-corrected chi connectivity index (χ3v) is 5.14. The fourth-order valence-corrected chi connectivity index (χ4v) is 3.69. The normalized spacial score (nSPS) is 11.0. The standard InChI is InChI=1S/C19H19BrClN3O2/c1-2-23-16-5-3-4-6-17(16)24(19(23)26)10-9-18(25)22-12-13-7-8-14(20)11-15(13)21/h3-8,11H,2,9-10,12H2,1H3,(H,22,25). The van der Waals surface area contributed by atoms with Crippen molar-refractivity contribution in [2.75, 3.05) is 0 Å². The maximum absolute atomic E-state index is 12.6. The number of amides is 1. The van der Waals surface area contributed by atoms with Crippen LogP contribution in [0.1, 0.15) is 18.9 Å². The maximum atomic E-state index is 12.6. The van der Waals surface area contributed by atoms with Gasteiger partial charge in [-0.1, -0.05) is 45.7 Å². The van der Waals surface area contributed by atoms with Crippen LogP contribution in [0.5, 0.6) is 0 Å². The average Bonchev–Trinajstić information content (AvgIpc) is 2.90. The van der Waals surface area contributed by atoms with Crippen LogP contribution in [0.4, 0.5) is 0 Å². The van der Waals surface area contributed by atoms with Crippen LogP contribution >= 0.6 is 27.5 Å². The minimum Gasteiger partial charge on any atom is -0.352 e. The molecule has 7 heteroatoms. The van der Waals surface area contributed by atoms with Crippen molar-refractivity contribution < 1.29 is 4.79 Å². The molecule has 0 aliphatic carbocycles. The monoisotopic (exact) mass is 435 g/mol. The Labute approximate surface area is 164 Å². The Morgan fingerprint density at radius 3 is 2.50 bits per heavy atom. The molecule has 3 rings (SSSR count). The van der Waals surface area contributed by atoms with Gasteiger partial charge in [-0.3, -0.25) is 13.9 Å². The van der Waals surface area contributed by atoms with Crippen molar-refractivity contribution in [1.82, 2.24) is 14.5 Å². The summed E-state index contributed by atoms with van der Waals surface area (Å²) in [5.74, 6) is -0.121. The van der Waals surface area contributed by atoms with E-state index >= 15 is 0 Å². The molecule has 5 nitrogen and oxygen atoms in total. The number of halogens is 2. The number of aryl methyl sites for hydroxylation is 2. The number of carbonyl (C=O) groups is 1. The molecule has 136 valence electrons. The van der Waals surface area contributed by atoms with Crippen molar-refractivity contribution in [3.05, 3.63) is 68.0 Å². The van der Waals surface area contributed by atoms with Gasteiger partial charge in [0, 0.05) is 35.6 Å². The third-order valence-electron chi connectivity index (χ3n) is 4.29. The molecule has 0 radical (unpaired) electrons. The molecule has 0 atom stereocenters. The van der Waals surface area contributed by atoms with Gasteiger partial charge >= 0.3 is 5.69 Å². The molecule has 1 N–H and O–H groups in total. The number of fused-ring (bicyclic) bond motifs is 1. The van der Waals surface area contributed by atoms with Crippen molar-refractivity contribution in [3.8, 4) is 0 Å².